The minimum absolute atomic E-state index is 0.0538. The van der Waals surface area contributed by atoms with Gasteiger partial charge in [-0.05, 0) is 91.2 Å². The van der Waals surface area contributed by atoms with E-state index in [2.05, 4.69) is 57.3 Å². The molecule has 4 aliphatic carbocycles. The zero-order chi connectivity index (χ0) is 19.2. The third kappa shape index (κ3) is 3.86. The predicted octanol–water partition coefficient (Wildman–Crippen LogP) is 5.72. The summed E-state index contributed by atoms with van der Waals surface area (Å²) in [6.45, 7) is 8.91. The SMILES string of the molecule is CC(NC(=O)/C=C/c1ccc(C(C)(C)C)cc1)C12CC3CC(CC(C3)C1)C2. The van der Waals surface area contributed by atoms with Crippen LogP contribution < -0.4 is 5.32 Å². The first-order valence-electron chi connectivity index (χ1n) is 10.8. The Kier molecular flexibility index (Phi) is 4.72. The lowest BCUT2D eigenvalue weighted by Gasteiger charge is -2.59. The minimum Gasteiger partial charge on any atom is -0.350 e. The van der Waals surface area contributed by atoms with Crippen LogP contribution in [0.4, 0.5) is 0 Å². The van der Waals surface area contributed by atoms with Gasteiger partial charge in [0.05, 0.1) is 0 Å². The van der Waals surface area contributed by atoms with Crippen LogP contribution >= 0.6 is 0 Å². The summed E-state index contributed by atoms with van der Waals surface area (Å²) < 4.78 is 0. The van der Waals surface area contributed by atoms with Gasteiger partial charge in [0.1, 0.15) is 0 Å². The molecule has 2 heteroatoms. The van der Waals surface area contributed by atoms with Crippen molar-refractivity contribution in [3.05, 3.63) is 41.5 Å². The van der Waals surface area contributed by atoms with Crippen molar-refractivity contribution < 1.29 is 4.79 Å². The van der Waals surface area contributed by atoms with E-state index in [1.54, 1.807) is 6.08 Å². The molecule has 0 aliphatic heterocycles. The summed E-state index contributed by atoms with van der Waals surface area (Å²) in [5.41, 5.74) is 2.93. The highest BCUT2D eigenvalue weighted by Gasteiger charge is 2.53. The van der Waals surface area contributed by atoms with E-state index in [9.17, 15) is 4.79 Å². The third-order valence-electron chi connectivity index (χ3n) is 7.57. The molecule has 2 nitrogen and oxygen atoms in total. The van der Waals surface area contributed by atoms with Crippen molar-refractivity contribution in [2.45, 2.75) is 77.7 Å². The summed E-state index contributed by atoms with van der Waals surface area (Å²) in [5.74, 6) is 2.82. The van der Waals surface area contributed by atoms with E-state index >= 15 is 0 Å². The van der Waals surface area contributed by atoms with Gasteiger partial charge in [0.25, 0.3) is 0 Å². The van der Waals surface area contributed by atoms with Gasteiger partial charge in [-0.25, -0.2) is 0 Å². The fraction of sp³-hybridized carbons (Fsp3) is 0.640. The minimum atomic E-state index is 0.0538. The fourth-order valence-electron chi connectivity index (χ4n) is 6.39. The first-order valence-corrected chi connectivity index (χ1v) is 10.8. The highest BCUT2D eigenvalue weighted by Crippen LogP contribution is 2.61. The molecule has 1 atom stereocenters. The number of hydrogen-bond acceptors (Lipinski definition) is 1. The molecule has 1 unspecified atom stereocenters. The molecule has 1 amide bonds. The van der Waals surface area contributed by atoms with E-state index in [1.165, 1.54) is 44.1 Å². The highest BCUT2D eigenvalue weighted by atomic mass is 16.1. The Bertz CT molecular complexity index is 686. The predicted molar refractivity (Wildman–Crippen MR) is 112 cm³/mol. The molecule has 1 aromatic carbocycles. The second kappa shape index (κ2) is 6.79. The third-order valence-corrected chi connectivity index (χ3v) is 7.57. The zero-order valence-corrected chi connectivity index (χ0v) is 17.4. The van der Waals surface area contributed by atoms with Crippen LogP contribution in [0.15, 0.2) is 30.3 Å². The Hall–Kier alpha value is -1.57. The van der Waals surface area contributed by atoms with Gasteiger partial charge in [-0.3, -0.25) is 4.79 Å². The smallest absolute Gasteiger partial charge is 0.244 e. The number of amides is 1. The summed E-state index contributed by atoms with van der Waals surface area (Å²) in [6.07, 6.45) is 12.0. The van der Waals surface area contributed by atoms with E-state index in [0.29, 0.717) is 5.41 Å². The molecule has 4 fully saturated rings. The highest BCUT2D eigenvalue weighted by molar-refractivity contribution is 5.91. The molecule has 0 aromatic heterocycles. The Morgan fingerprint density at radius 3 is 2.04 bits per heavy atom. The van der Waals surface area contributed by atoms with Crippen LogP contribution in [0, 0.1) is 23.2 Å². The molecule has 0 spiro atoms. The molecule has 4 aliphatic rings. The Morgan fingerprint density at radius 1 is 1.04 bits per heavy atom. The lowest BCUT2D eigenvalue weighted by molar-refractivity contribution is -0.121. The average Bonchev–Trinajstić information content (AvgIpc) is 2.58. The number of hydrogen-bond donors (Lipinski definition) is 1. The molecule has 27 heavy (non-hydrogen) atoms. The van der Waals surface area contributed by atoms with Gasteiger partial charge in [0.2, 0.25) is 5.91 Å². The van der Waals surface area contributed by atoms with Crippen LogP contribution in [0.5, 0.6) is 0 Å². The average molecular weight is 366 g/mol. The summed E-state index contributed by atoms with van der Waals surface area (Å²) in [7, 11) is 0. The van der Waals surface area contributed by atoms with Crippen molar-refractivity contribution in [1.82, 2.24) is 5.32 Å². The summed E-state index contributed by atoms with van der Waals surface area (Å²) in [4.78, 5) is 12.5. The molecule has 0 radical (unpaired) electrons. The van der Waals surface area contributed by atoms with Crippen LogP contribution in [0.1, 0.15) is 77.3 Å². The van der Waals surface area contributed by atoms with Gasteiger partial charge in [-0.1, -0.05) is 45.0 Å². The number of nitrogens with one attached hydrogen (secondary N) is 1. The second-order valence-electron chi connectivity index (χ2n) is 10.7. The van der Waals surface area contributed by atoms with E-state index in [4.69, 9.17) is 0 Å². The second-order valence-corrected chi connectivity index (χ2v) is 10.7. The lowest BCUT2D eigenvalue weighted by Crippen LogP contribution is -2.55. The zero-order valence-electron chi connectivity index (χ0n) is 17.4. The monoisotopic (exact) mass is 365 g/mol. The summed E-state index contributed by atoms with van der Waals surface area (Å²) in [6, 6.07) is 8.82. The summed E-state index contributed by atoms with van der Waals surface area (Å²) in [5, 5.41) is 3.32. The first kappa shape index (κ1) is 18.8. The Balaban J connectivity index is 1.37. The summed E-state index contributed by atoms with van der Waals surface area (Å²) >= 11 is 0. The quantitative estimate of drug-likeness (QED) is 0.679. The molecule has 5 rings (SSSR count). The van der Waals surface area contributed by atoms with Gasteiger partial charge < -0.3 is 5.32 Å². The van der Waals surface area contributed by atoms with Crippen molar-refractivity contribution in [2.75, 3.05) is 0 Å². The Labute approximate surface area is 164 Å². The molecule has 146 valence electrons. The Morgan fingerprint density at radius 2 is 1.56 bits per heavy atom. The number of benzene rings is 1. The fourth-order valence-corrected chi connectivity index (χ4v) is 6.39. The largest absolute Gasteiger partial charge is 0.350 e. The maximum atomic E-state index is 12.5. The van der Waals surface area contributed by atoms with E-state index < -0.39 is 0 Å². The number of rotatable bonds is 4. The van der Waals surface area contributed by atoms with Crippen molar-refractivity contribution >= 4 is 12.0 Å². The lowest BCUT2D eigenvalue weighted by atomic mass is 9.48. The van der Waals surface area contributed by atoms with Crippen LogP contribution in [0.25, 0.3) is 6.08 Å². The van der Waals surface area contributed by atoms with E-state index in [0.717, 1.165) is 23.3 Å². The van der Waals surface area contributed by atoms with Crippen molar-refractivity contribution in [3.63, 3.8) is 0 Å². The maximum absolute atomic E-state index is 12.5. The maximum Gasteiger partial charge on any atom is 0.244 e. The molecular formula is C25H35NO. The van der Waals surface area contributed by atoms with Gasteiger partial charge in [-0.2, -0.15) is 0 Å². The molecule has 4 bridgehead atoms. The van der Waals surface area contributed by atoms with Gasteiger partial charge in [0, 0.05) is 12.1 Å². The van der Waals surface area contributed by atoms with Crippen molar-refractivity contribution in [1.29, 1.82) is 0 Å². The number of carbonyl (C=O) groups is 1. The first-order chi connectivity index (χ1) is 12.7. The van der Waals surface area contributed by atoms with Gasteiger partial charge >= 0.3 is 0 Å². The van der Waals surface area contributed by atoms with Gasteiger partial charge in [0.15, 0.2) is 0 Å². The normalized spacial score (nSPS) is 33.4. The van der Waals surface area contributed by atoms with E-state index in [-0.39, 0.29) is 17.4 Å². The van der Waals surface area contributed by atoms with Crippen LogP contribution in [0.2, 0.25) is 0 Å². The number of carbonyl (C=O) groups excluding carboxylic acids is 1. The van der Waals surface area contributed by atoms with Crippen LogP contribution in [-0.2, 0) is 10.2 Å². The van der Waals surface area contributed by atoms with Crippen LogP contribution in [0.3, 0.4) is 0 Å². The molecule has 1 aromatic rings. The molecule has 4 saturated carbocycles. The topological polar surface area (TPSA) is 29.1 Å². The molecular weight excluding hydrogens is 330 g/mol. The molecule has 0 heterocycles. The van der Waals surface area contributed by atoms with Crippen molar-refractivity contribution in [2.24, 2.45) is 23.2 Å². The molecule has 1 N–H and O–H groups in total. The standard InChI is InChI=1S/C25H35NO/c1-17(25-14-19-11-20(15-25)13-21(12-19)16-25)26-23(27)10-7-18-5-8-22(9-6-18)24(2,3)4/h5-10,17,19-21H,11-16H2,1-4H3,(H,26,27)/b10-7+. The van der Waals surface area contributed by atoms with Gasteiger partial charge in [-0.15, -0.1) is 0 Å². The molecule has 0 saturated heterocycles. The van der Waals surface area contributed by atoms with Crippen molar-refractivity contribution in [3.8, 4) is 0 Å². The van der Waals surface area contributed by atoms with Crippen LogP contribution in [-0.4, -0.2) is 11.9 Å². The van der Waals surface area contributed by atoms with E-state index in [1.807, 2.05) is 6.08 Å².